The van der Waals surface area contributed by atoms with Crippen LogP contribution in [0.4, 0.5) is 0 Å². The van der Waals surface area contributed by atoms with Crippen molar-refractivity contribution in [3.8, 4) is 5.75 Å². The molecule has 0 saturated heterocycles. The molecule has 2 aromatic rings. The Morgan fingerprint density at radius 1 is 1.47 bits per heavy atom. The third-order valence-electron chi connectivity index (χ3n) is 2.37. The van der Waals surface area contributed by atoms with Crippen molar-refractivity contribution in [3.63, 3.8) is 0 Å². The van der Waals surface area contributed by atoms with Gasteiger partial charge in [-0.1, -0.05) is 23.7 Å². The van der Waals surface area contributed by atoms with Crippen molar-refractivity contribution in [1.29, 1.82) is 0 Å². The van der Waals surface area contributed by atoms with Crippen molar-refractivity contribution in [3.05, 3.63) is 40.9 Å². The molecule has 0 unspecified atom stereocenters. The number of aliphatic hydroxyl groups is 1. The molecular formula is C11H12ClN3O2. The molecule has 0 fully saturated rings. The van der Waals surface area contributed by atoms with E-state index in [-0.39, 0.29) is 13.2 Å². The molecule has 2 rings (SSSR count). The molecule has 1 N–H and O–H groups in total. The number of benzene rings is 1. The van der Waals surface area contributed by atoms with Gasteiger partial charge in [-0.2, -0.15) is 5.10 Å². The van der Waals surface area contributed by atoms with Crippen LogP contribution < -0.4 is 4.74 Å². The molecule has 0 aliphatic heterocycles. The van der Waals surface area contributed by atoms with E-state index >= 15 is 0 Å². The minimum absolute atomic E-state index is 0.116. The SMILES string of the molecule is Cn1ncnc1COc1c(Cl)cccc1CO. The summed E-state index contributed by atoms with van der Waals surface area (Å²) >= 11 is 6.01. The van der Waals surface area contributed by atoms with Crippen LogP contribution in [0.25, 0.3) is 0 Å². The third kappa shape index (κ3) is 2.57. The maximum atomic E-state index is 9.18. The average Bonchev–Trinajstić information content (AvgIpc) is 2.73. The van der Waals surface area contributed by atoms with Gasteiger partial charge in [-0.25, -0.2) is 4.98 Å². The molecule has 0 aliphatic rings. The van der Waals surface area contributed by atoms with E-state index in [1.807, 2.05) is 0 Å². The topological polar surface area (TPSA) is 60.2 Å². The maximum absolute atomic E-state index is 9.18. The van der Waals surface area contributed by atoms with E-state index in [1.165, 1.54) is 6.33 Å². The number of rotatable bonds is 4. The highest BCUT2D eigenvalue weighted by Crippen LogP contribution is 2.29. The van der Waals surface area contributed by atoms with E-state index < -0.39 is 0 Å². The number of hydrogen-bond acceptors (Lipinski definition) is 4. The number of aliphatic hydroxyl groups excluding tert-OH is 1. The molecule has 17 heavy (non-hydrogen) atoms. The summed E-state index contributed by atoms with van der Waals surface area (Å²) < 4.78 is 7.19. The van der Waals surface area contributed by atoms with Gasteiger partial charge < -0.3 is 9.84 Å². The van der Waals surface area contributed by atoms with Gasteiger partial charge in [0.1, 0.15) is 18.7 Å². The van der Waals surface area contributed by atoms with E-state index in [4.69, 9.17) is 16.3 Å². The lowest BCUT2D eigenvalue weighted by Gasteiger charge is -2.11. The maximum Gasteiger partial charge on any atom is 0.164 e. The zero-order chi connectivity index (χ0) is 12.3. The van der Waals surface area contributed by atoms with Gasteiger partial charge in [0.15, 0.2) is 5.82 Å². The van der Waals surface area contributed by atoms with Gasteiger partial charge in [0.25, 0.3) is 0 Å². The molecule has 0 bridgehead atoms. The van der Waals surface area contributed by atoms with Crippen molar-refractivity contribution in [2.24, 2.45) is 7.05 Å². The van der Waals surface area contributed by atoms with Crippen LogP contribution in [-0.4, -0.2) is 19.9 Å². The molecule has 0 aliphatic carbocycles. The Kier molecular flexibility index (Phi) is 3.61. The van der Waals surface area contributed by atoms with Gasteiger partial charge in [-0.15, -0.1) is 0 Å². The van der Waals surface area contributed by atoms with Crippen LogP contribution in [0.2, 0.25) is 5.02 Å². The summed E-state index contributed by atoms with van der Waals surface area (Å²) in [7, 11) is 1.78. The number of ether oxygens (including phenoxy) is 1. The second kappa shape index (κ2) is 5.16. The van der Waals surface area contributed by atoms with Gasteiger partial charge in [0.2, 0.25) is 0 Å². The first-order valence-electron chi connectivity index (χ1n) is 5.06. The molecule has 6 heteroatoms. The van der Waals surface area contributed by atoms with Gasteiger partial charge >= 0.3 is 0 Å². The molecule has 90 valence electrons. The number of aromatic nitrogens is 3. The average molecular weight is 254 g/mol. The quantitative estimate of drug-likeness (QED) is 0.898. The van der Waals surface area contributed by atoms with E-state index in [0.717, 1.165) is 0 Å². The highest BCUT2D eigenvalue weighted by molar-refractivity contribution is 6.32. The van der Waals surface area contributed by atoms with Crippen LogP contribution in [-0.2, 0) is 20.3 Å². The normalized spacial score (nSPS) is 10.5. The molecule has 0 spiro atoms. The second-order valence-corrected chi connectivity index (χ2v) is 3.88. The largest absolute Gasteiger partial charge is 0.484 e. The second-order valence-electron chi connectivity index (χ2n) is 3.47. The monoisotopic (exact) mass is 253 g/mol. The standard InChI is InChI=1S/C11H12ClN3O2/c1-15-10(13-7-14-15)6-17-11-8(5-16)3-2-4-9(11)12/h2-4,7,16H,5-6H2,1H3. The van der Waals surface area contributed by atoms with Crippen LogP contribution in [0.5, 0.6) is 5.75 Å². The summed E-state index contributed by atoms with van der Waals surface area (Å²) in [6.07, 6.45) is 1.46. The molecular weight excluding hydrogens is 242 g/mol. The van der Waals surface area contributed by atoms with Gasteiger partial charge in [-0.3, -0.25) is 4.68 Å². The smallest absolute Gasteiger partial charge is 0.164 e. The van der Waals surface area contributed by atoms with Crippen molar-refractivity contribution in [2.45, 2.75) is 13.2 Å². The lowest BCUT2D eigenvalue weighted by molar-refractivity contribution is 0.253. The first-order valence-corrected chi connectivity index (χ1v) is 5.44. The third-order valence-corrected chi connectivity index (χ3v) is 2.67. The fourth-order valence-corrected chi connectivity index (χ4v) is 1.68. The molecule has 0 atom stereocenters. The summed E-state index contributed by atoms with van der Waals surface area (Å²) in [5.41, 5.74) is 0.652. The highest BCUT2D eigenvalue weighted by Gasteiger charge is 2.09. The van der Waals surface area contributed by atoms with Crippen LogP contribution in [0, 0.1) is 0 Å². The Labute approximate surface area is 104 Å². The van der Waals surface area contributed by atoms with Crippen molar-refractivity contribution >= 4 is 11.6 Å². The number of halogens is 1. The van der Waals surface area contributed by atoms with Crippen LogP contribution in [0.1, 0.15) is 11.4 Å². The zero-order valence-corrected chi connectivity index (χ0v) is 10.1. The lowest BCUT2D eigenvalue weighted by Crippen LogP contribution is -2.06. The van der Waals surface area contributed by atoms with Crippen LogP contribution >= 0.6 is 11.6 Å². The Morgan fingerprint density at radius 3 is 2.94 bits per heavy atom. The first kappa shape index (κ1) is 11.9. The molecule has 0 radical (unpaired) electrons. The van der Waals surface area contributed by atoms with E-state index in [0.29, 0.717) is 22.2 Å². The van der Waals surface area contributed by atoms with Gasteiger partial charge in [-0.05, 0) is 6.07 Å². The summed E-state index contributed by atoms with van der Waals surface area (Å²) in [4.78, 5) is 4.04. The summed E-state index contributed by atoms with van der Waals surface area (Å²) in [5, 5.41) is 13.6. The molecule has 1 aromatic heterocycles. The van der Waals surface area contributed by atoms with Crippen LogP contribution in [0.15, 0.2) is 24.5 Å². The predicted molar refractivity (Wildman–Crippen MR) is 62.7 cm³/mol. The molecule has 1 aromatic carbocycles. The van der Waals surface area contributed by atoms with E-state index in [9.17, 15) is 5.11 Å². The Balaban J connectivity index is 2.16. The minimum atomic E-state index is -0.116. The highest BCUT2D eigenvalue weighted by atomic mass is 35.5. The Hall–Kier alpha value is -1.59. The fourth-order valence-electron chi connectivity index (χ4n) is 1.43. The van der Waals surface area contributed by atoms with Crippen molar-refractivity contribution < 1.29 is 9.84 Å². The number of para-hydroxylation sites is 1. The molecule has 0 amide bonds. The molecule has 0 saturated carbocycles. The summed E-state index contributed by atoms with van der Waals surface area (Å²) in [6, 6.07) is 5.24. The Bertz CT molecular complexity index is 513. The number of nitrogens with zero attached hydrogens (tertiary/aromatic N) is 3. The lowest BCUT2D eigenvalue weighted by atomic mass is 10.2. The summed E-state index contributed by atoms with van der Waals surface area (Å²) in [6.45, 7) is 0.141. The number of hydrogen-bond donors (Lipinski definition) is 1. The predicted octanol–water partition coefficient (Wildman–Crippen LogP) is 1.54. The number of aryl methyl sites for hydroxylation is 1. The van der Waals surface area contributed by atoms with Gasteiger partial charge in [0.05, 0.1) is 11.6 Å². The minimum Gasteiger partial charge on any atom is -0.484 e. The zero-order valence-electron chi connectivity index (χ0n) is 9.30. The first-order chi connectivity index (χ1) is 8.22. The van der Waals surface area contributed by atoms with Gasteiger partial charge in [0, 0.05) is 12.6 Å². The fraction of sp³-hybridized carbons (Fsp3) is 0.273. The van der Waals surface area contributed by atoms with Crippen molar-refractivity contribution in [1.82, 2.24) is 14.8 Å². The molecule has 5 nitrogen and oxygen atoms in total. The van der Waals surface area contributed by atoms with Crippen molar-refractivity contribution in [2.75, 3.05) is 0 Å². The Morgan fingerprint density at radius 2 is 2.29 bits per heavy atom. The molecule has 1 heterocycles. The summed E-state index contributed by atoms with van der Waals surface area (Å²) in [5.74, 6) is 1.17. The van der Waals surface area contributed by atoms with E-state index in [1.54, 1.807) is 29.9 Å². The van der Waals surface area contributed by atoms with Crippen LogP contribution in [0.3, 0.4) is 0 Å². The van der Waals surface area contributed by atoms with E-state index in [2.05, 4.69) is 10.1 Å².